The molecule has 0 radical (unpaired) electrons. The quantitative estimate of drug-likeness (QED) is 0.660. The Bertz CT molecular complexity index is 232. The van der Waals surface area contributed by atoms with Gasteiger partial charge in [0.25, 0.3) is 0 Å². The first-order valence-corrected chi connectivity index (χ1v) is 6.09. The molecule has 2 rings (SSSR count). The maximum absolute atomic E-state index is 11.8. The standard InChI is InChI=1S/C12H21NO2/c1-9-7-13(8-10(2)15-9)11-5-3-4-6-12(11)14/h9-11H,3-8H2,1-2H3/t9-,10+,11?. The van der Waals surface area contributed by atoms with Gasteiger partial charge in [-0.05, 0) is 26.7 Å². The Morgan fingerprint density at radius 3 is 2.47 bits per heavy atom. The van der Waals surface area contributed by atoms with Crippen molar-refractivity contribution >= 4 is 5.78 Å². The van der Waals surface area contributed by atoms with Crippen LogP contribution in [0.1, 0.15) is 39.5 Å². The first-order valence-electron chi connectivity index (χ1n) is 6.09. The smallest absolute Gasteiger partial charge is 0.149 e. The Morgan fingerprint density at radius 1 is 1.20 bits per heavy atom. The third kappa shape index (κ3) is 2.58. The van der Waals surface area contributed by atoms with Crippen LogP contribution in [0.5, 0.6) is 0 Å². The first kappa shape index (κ1) is 11.1. The molecule has 0 amide bonds. The average molecular weight is 211 g/mol. The molecule has 1 saturated carbocycles. The second-order valence-corrected chi connectivity index (χ2v) is 4.94. The van der Waals surface area contributed by atoms with Gasteiger partial charge in [0, 0.05) is 19.5 Å². The van der Waals surface area contributed by atoms with E-state index in [1.165, 1.54) is 6.42 Å². The van der Waals surface area contributed by atoms with Gasteiger partial charge in [0.2, 0.25) is 0 Å². The molecule has 3 heteroatoms. The Hall–Kier alpha value is -0.410. The van der Waals surface area contributed by atoms with Crippen molar-refractivity contribution in [3.8, 4) is 0 Å². The Morgan fingerprint density at radius 2 is 1.87 bits per heavy atom. The fourth-order valence-electron chi connectivity index (χ4n) is 2.82. The van der Waals surface area contributed by atoms with E-state index in [9.17, 15) is 4.79 Å². The van der Waals surface area contributed by atoms with Crippen molar-refractivity contribution in [2.24, 2.45) is 0 Å². The maximum atomic E-state index is 11.8. The second kappa shape index (κ2) is 4.62. The van der Waals surface area contributed by atoms with Crippen LogP contribution in [0.25, 0.3) is 0 Å². The lowest BCUT2D eigenvalue weighted by atomic mass is 9.92. The number of hydrogen-bond donors (Lipinski definition) is 0. The number of carbonyl (C=O) groups is 1. The van der Waals surface area contributed by atoms with Crippen molar-refractivity contribution < 1.29 is 9.53 Å². The number of nitrogens with zero attached hydrogens (tertiary/aromatic N) is 1. The van der Waals surface area contributed by atoms with E-state index in [1.807, 2.05) is 0 Å². The molecule has 2 fully saturated rings. The highest BCUT2D eigenvalue weighted by Crippen LogP contribution is 2.23. The van der Waals surface area contributed by atoms with Crippen molar-refractivity contribution in [2.75, 3.05) is 13.1 Å². The molecule has 3 nitrogen and oxygen atoms in total. The van der Waals surface area contributed by atoms with Crippen LogP contribution < -0.4 is 0 Å². The molecule has 86 valence electrons. The minimum absolute atomic E-state index is 0.188. The van der Waals surface area contributed by atoms with Crippen LogP contribution in [-0.2, 0) is 9.53 Å². The van der Waals surface area contributed by atoms with Gasteiger partial charge in [-0.25, -0.2) is 0 Å². The predicted octanol–water partition coefficient (Wildman–Crippen LogP) is 1.61. The minimum Gasteiger partial charge on any atom is -0.373 e. The lowest BCUT2D eigenvalue weighted by Gasteiger charge is -2.40. The zero-order valence-corrected chi connectivity index (χ0v) is 9.74. The fourth-order valence-corrected chi connectivity index (χ4v) is 2.82. The van der Waals surface area contributed by atoms with Gasteiger partial charge in [-0.2, -0.15) is 0 Å². The molecule has 1 aliphatic heterocycles. The van der Waals surface area contributed by atoms with Crippen molar-refractivity contribution in [1.82, 2.24) is 4.90 Å². The number of rotatable bonds is 1. The molecular formula is C12H21NO2. The van der Waals surface area contributed by atoms with E-state index in [2.05, 4.69) is 18.7 Å². The summed E-state index contributed by atoms with van der Waals surface area (Å²) in [6, 6.07) is 0.188. The minimum atomic E-state index is 0.188. The summed E-state index contributed by atoms with van der Waals surface area (Å²) in [5.41, 5.74) is 0. The molecule has 0 aromatic carbocycles. The van der Waals surface area contributed by atoms with Gasteiger partial charge in [-0.3, -0.25) is 9.69 Å². The number of hydrogen-bond acceptors (Lipinski definition) is 3. The van der Waals surface area contributed by atoms with Crippen molar-refractivity contribution in [3.63, 3.8) is 0 Å². The number of ketones is 1. The van der Waals surface area contributed by atoms with E-state index in [0.29, 0.717) is 5.78 Å². The summed E-state index contributed by atoms with van der Waals surface area (Å²) in [4.78, 5) is 14.2. The first-order chi connectivity index (χ1) is 7.16. The SMILES string of the molecule is C[C@@H]1CN(C2CCCCC2=O)C[C@H](C)O1. The van der Waals surface area contributed by atoms with E-state index in [4.69, 9.17) is 4.74 Å². The lowest BCUT2D eigenvalue weighted by molar-refractivity contribution is -0.133. The van der Waals surface area contributed by atoms with Crippen molar-refractivity contribution in [1.29, 1.82) is 0 Å². The second-order valence-electron chi connectivity index (χ2n) is 4.94. The van der Waals surface area contributed by atoms with Crippen LogP contribution in [0, 0.1) is 0 Å². The van der Waals surface area contributed by atoms with Crippen molar-refractivity contribution in [3.05, 3.63) is 0 Å². The summed E-state index contributed by atoms with van der Waals surface area (Å²) >= 11 is 0. The molecule has 0 bridgehead atoms. The summed E-state index contributed by atoms with van der Waals surface area (Å²) in [6.07, 6.45) is 4.66. The van der Waals surface area contributed by atoms with Crippen LogP contribution >= 0.6 is 0 Å². The Labute approximate surface area is 91.8 Å². The van der Waals surface area contributed by atoms with E-state index in [0.717, 1.165) is 32.4 Å². The largest absolute Gasteiger partial charge is 0.373 e. The highest BCUT2D eigenvalue weighted by molar-refractivity contribution is 5.84. The molecule has 3 atom stereocenters. The van der Waals surface area contributed by atoms with Gasteiger partial charge in [-0.15, -0.1) is 0 Å². The van der Waals surface area contributed by atoms with Gasteiger partial charge in [0.05, 0.1) is 18.2 Å². The highest BCUT2D eigenvalue weighted by Gasteiger charge is 2.32. The lowest BCUT2D eigenvalue weighted by Crippen LogP contribution is -2.53. The molecule has 0 N–H and O–H groups in total. The molecule has 1 heterocycles. The summed E-state index contributed by atoms with van der Waals surface area (Å²) < 4.78 is 5.69. The maximum Gasteiger partial charge on any atom is 0.149 e. The molecule has 15 heavy (non-hydrogen) atoms. The molecule has 1 saturated heterocycles. The monoisotopic (exact) mass is 211 g/mol. The number of ether oxygens (including phenoxy) is 1. The number of morpholine rings is 1. The molecule has 0 aromatic heterocycles. The third-order valence-corrected chi connectivity index (χ3v) is 3.41. The number of carbonyl (C=O) groups excluding carboxylic acids is 1. The topological polar surface area (TPSA) is 29.5 Å². The zero-order chi connectivity index (χ0) is 10.8. The zero-order valence-electron chi connectivity index (χ0n) is 9.74. The number of Topliss-reactive ketones (excluding diaryl/α,β-unsaturated/α-hetero) is 1. The third-order valence-electron chi connectivity index (χ3n) is 3.41. The molecule has 2 aliphatic rings. The molecule has 0 spiro atoms. The summed E-state index contributed by atoms with van der Waals surface area (Å²) in [6.45, 7) is 6.02. The van der Waals surface area contributed by atoms with Gasteiger partial charge in [-0.1, -0.05) is 6.42 Å². The Kier molecular flexibility index (Phi) is 3.42. The van der Waals surface area contributed by atoms with Crippen LogP contribution in [0.3, 0.4) is 0 Å². The Balaban J connectivity index is 1.99. The molecule has 1 unspecified atom stereocenters. The van der Waals surface area contributed by atoms with E-state index < -0.39 is 0 Å². The van der Waals surface area contributed by atoms with Gasteiger partial charge < -0.3 is 4.74 Å². The summed E-state index contributed by atoms with van der Waals surface area (Å²) in [5.74, 6) is 0.447. The summed E-state index contributed by atoms with van der Waals surface area (Å²) in [7, 11) is 0. The van der Waals surface area contributed by atoms with Crippen LogP contribution in [-0.4, -0.2) is 42.0 Å². The van der Waals surface area contributed by atoms with Crippen LogP contribution in [0.2, 0.25) is 0 Å². The highest BCUT2D eigenvalue weighted by atomic mass is 16.5. The normalized spacial score (nSPS) is 39.3. The molecule has 0 aromatic rings. The van der Waals surface area contributed by atoms with Crippen LogP contribution in [0.15, 0.2) is 0 Å². The van der Waals surface area contributed by atoms with Crippen molar-refractivity contribution in [2.45, 2.75) is 57.8 Å². The van der Waals surface area contributed by atoms with E-state index in [1.54, 1.807) is 0 Å². The van der Waals surface area contributed by atoms with Gasteiger partial charge in [0.15, 0.2) is 0 Å². The predicted molar refractivity (Wildman–Crippen MR) is 58.8 cm³/mol. The van der Waals surface area contributed by atoms with E-state index >= 15 is 0 Å². The van der Waals surface area contributed by atoms with Crippen LogP contribution in [0.4, 0.5) is 0 Å². The molecular weight excluding hydrogens is 190 g/mol. The van der Waals surface area contributed by atoms with Gasteiger partial charge in [0.1, 0.15) is 5.78 Å². The van der Waals surface area contributed by atoms with Gasteiger partial charge >= 0.3 is 0 Å². The molecule has 1 aliphatic carbocycles. The average Bonchev–Trinajstić information content (AvgIpc) is 2.16. The summed E-state index contributed by atoms with van der Waals surface area (Å²) in [5, 5.41) is 0. The fraction of sp³-hybridized carbons (Fsp3) is 0.917. The van der Waals surface area contributed by atoms with E-state index in [-0.39, 0.29) is 18.2 Å².